The van der Waals surface area contributed by atoms with E-state index >= 15 is 0 Å². The number of thiophene rings is 2. The van der Waals surface area contributed by atoms with Crippen molar-refractivity contribution in [3.8, 4) is 0 Å². The second kappa shape index (κ2) is 13.6. The van der Waals surface area contributed by atoms with E-state index in [0.29, 0.717) is 32.5 Å². The van der Waals surface area contributed by atoms with Crippen molar-refractivity contribution in [1.29, 1.82) is 0 Å². The van der Waals surface area contributed by atoms with Gasteiger partial charge in [0.15, 0.2) is 11.6 Å². The predicted octanol–water partition coefficient (Wildman–Crippen LogP) is 5.82. The molecule has 0 amide bonds. The summed E-state index contributed by atoms with van der Waals surface area (Å²) in [5.74, 6) is 2.18. The zero-order valence-electron chi connectivity index (χ0n) is 15.2. The van der Waals surface area contributed by atoms with Crippen LogP contribution < -0.4 is 5.73 Å². The minimum atomic E-state index is 0.152. The molecule has 2 aromatic rings. The summed E-state index contributed by atoms with van der Waals surface area (Å²) in [6, 6.07) is 7.52. The van der Waals surface area contributed by atoms with Gasteiger partial charge in [-0.05, 0) is 56.1 Å². The van der Waals surface area contributed by atoms with Crippen molar-refractivity contribution < 1.29 is 9.59 Å². The van der Waals surface area contributed by atoms with Crippen LogP contribution in [0.15, 0.2) is 31.8 Å². The largest absolute Gasteiger partial charge is 0.330 e. The first-order chi connectivity index (χ1) is 13.5. The highest BCUT2D eigenvalue weighted by Crippen LogP contribution is 2.25. The second-order valence-electron chi connectivity index (χ2n) is 5.83. The van der Waals surface area contributed by atoms with Crippen LogP contribution in [0.3, 0.4) is 0 Å². The van der Waals surface area contributed by atoms with Gasteiger partial charge in [-0.2, -0.15) is 0 Å². The zero-order chi connectivity index (χ0) is 20.4. The third kappa shape index (κ3) is 8.99. The van der Waals surface area contributed by atoms with E-state index < -0.39 is 0 Å². The molecule has 0 aliphatic rings. The monoisotopic (exact) mass is 584 g/mol. The first-order valence-corrected chi connectivity index (χ1v) is 14.4. The Labute approximate surface area is 198 Å². The van der Waals surface area contributed by atoms with Crippen LogP contribution in [0.5, 0.6) is 0 Å². The van der Waals surface area contributed by atoms with E-state index in [4.69, 9.17) is 5.73 Å². The molecule has 28 heavy (non-hydrogen) atoms. The molecule has 0 aliphatic heterocycles. The molecule has 0 atom stereocenters. The number of carbonyl (C=O) groups excluding carboxylic acids is 2. The van der Waals surface area contributed by atoms with Gasteiger partial charge in [0.1, 0.15) is 0 Å². The van der Waals surface area contributed by atoms with Crippen LogP contribution in [-0.4, -0.2) is 54.2 Å². The van der Waals surface area contributed by atoms with Gasteiger partial charge in [0.2, 0.25) is 0 Å². The van der Waals surface area contributed by atoms with Gasteiger partial charge in [0, 0.05) is 50.5 Å². The lowest BCUT2D eigenvalue weighted by Crippen LogP contribution is -2.30. The summed E-state index contributed by atoms with van der Waals surface area (Å²) in [5, 5.41) is 0. The molecule has 4 nitrogen and oxygen atoms in total. The van der Waals surface area contributed by atoms with Crippen LogP contribution in [-0.2, 0) is 0 Å². The maximum Gasteiger partial charge on any atom is 0.174 e. The Bertz CT molecular complexity index is 710. The summed E-state index contributed by atoms with van der Waals surface area (Å²) in [6.45, 7) is 2.86. The van der Waals surface area contributed by atoms with E-state index in [1.807, 2.05) is 24.3 Å². The average Bonchev–Trinajstić information content (AvgIpc) is 3.31. The Kier molecular flexibility index (Phi) is 11.9. The lowest BCUT2D eigenvalue weighted by Gasteiger charge is -2.21. The van der Waals surface area contributed by atoms with Crippen molar-refractivity contribution in [3.63, 3.8) is 0 Å². The number of halogens is 2. The normalized spacial score (nSPS) is 11.3. The molecule has 0 unspecified atom stereocenters. The van der Waals surface area contributed by atoms with Gasteiger partial charge in [-0.1, -0.05) is 21.6 Å². The fraction of sp³-hybridized carbons (Fsp3) is 0.444. The van der Waals surface area contributed by atoms with Crippen LogP contribution in [0.4, 0.5) is 0 Å². The van der Waals surface area contributed by atoms with E-state index in [1.54, 1.807) is 21.6 Å². The quantitative estimate of drug-likeness (QED) is 0.171. The number of hydrogen-bond acceptors (Lipinski definition) is 8. The first-order valence-electron chi connectivity index (χ1n) is 8.73. The van der Waals surface area contributed by atoms with Crippen LogP contribution in [0.25, 0.3) is 0 Å². The van der Waals surface area contributed by atoms with Gasteiger partial charge in [0.25, 0.3) is 0 Å². The van der Waals surface area contributed by atoms with Gasteiger partial charge in [-0.25, -0.2) is 0 Å². The van der Waals surface area contributed by atoms with Crippen molar-refractivity contribution in [1.82, 2.24) is 4.90 Å². The molecule has 2 aromatic heterocycles. The number of nitrogens with zero attached hydrogens (tertiary/aromatic N) is 1. The minimum Gasteiger partial charge on any atom is -0.330 e. The van der Waals surface area contributed by atoms with E-state index in [2.05, 4.69) is 36.8 Å². The fourth-order valence-electron chi connectivity index (χ4n) is 2.36. The molecular formula is C18H22Br2N2O2S4. The molecule has 0 fully saturated rings. The van der Waals surface area contributed by atoms with Gasteiger partial charge in [-0.3, -0.25) is 9.59 Å². The van der Waals surface area contributed by atoms with Crippen LogP contribution in [0.2, 0.25) is 0 Å². The van der Waals surface area contributed by atoms with Gasteiger partial charge in [-0.15, -0.1) is 22.7 Å². The Morgan fingerprint density at radius 3 is 1.79 bits per heavy atom. The Morgan fingerprint density at radius 1 is 0.857 bits per heavy atom. The minimum absolute atomic E-state index is 0.152. The highest BCUT2D eigenvalue weighted by Gasteiger charge is 2.15. The third-order valence-electron chi connectivity index (χ3n) is 3.78. The molecule has 0 saturated carbocycles. The van der Waals surface area contributed by atoms with Gasteiger partial charge in [0.05, 0.1) is 17.3 Å². The Balaban J connectivity index is 1.84. The van der Waals surface area contributed by atoms with Gasteiger partial charge >= 0.3 is 0 Å². The lowest BCUT2D eigenvalue weighted by atomic mass is 10.2. The first kappa shape index (κ1) is 24.6. The highest BCUT2D eigenvalue weighted by molar-refractivity contribution is 9.11. The van der Waals surface area contributed by atoms with Crippen molar-refractivity contribution in [2.24, 2.45) is 5.73 Å². The molecular weight excluding hydrogens is 564 g/mol. The number of hydrogen-bond donors (Lipinski definition) is 1. The standard InChI is InChI=1S/C18H22Br2N2O2S4/c19-17-3-1-15(27-17)13(23)5-8-22(10-12-26-25-11-7-21)9-6-14(24)16-2-4-18(20)28-16/h1-4H,5-12,21H2. The Morgan fingerprint density at radius 2 is 1.36 bits per heavy atom. The fourth-order valence-corrected chi connectivity index (χ4v) is 6.95. The van der Waals surface area contributed by atoms with E-state index in [1.165, 1.54) is 22.7 Å². The number of nitrogens with two attached hydrogens (primary N) is 1. The van der Waals surface area contributed by atoms with Crippen molar-refractivity contribution in [3.05, 3.63) is 41.6 Å². The summed E-state index contributed by atoms with van der Waals surface area (Å²) < 4.78 is 1.93. The lowest BCUT2D eigenvalue weighted by molar-refractivity contribution is 0.0954. The molecule has 0 bridgehead atoms. The van der Waals surface area contributed by atoms with E-state index in [9.17, 15) is 9.59 Å². The molecule has 0 saturated heterocycles. The van der Waals surface area contributed by atoms with E-state index in [0.717, 1.165) is 35.4 Å². The third-order valence-corrected chi connectivity index (χ3v) is 9.53. The van der Waals surface area contributed by atoms with Crippen molar-refractivity contribution >= 4 is 87.7 Å². The van der Waals surface area contributed by atoms with E-state index in [-0.39, 0.29) is 11.6 Å². The number of rotatable bonds is 14. The number of ketones is 2. The molecule has 0 aromatic carbocycles. The second-order valence-corrected chi connectivity index (χ2v) is 13.5. The summed E-state index contributed by atoms with van der Waals surface area (Å²) in [7, 11) is 3.56. The summed E-state index contributed by atoms with van der Waals surface area (Å²) >= 11 is 9.73. The SMILES string of the molecule is NCCSSCCN(CCC(=O)c1ccc(Br)s1)CCC(=O)c1ccc(Br)s1. The molecule has 0 aliphatic carbocycles. The van der Waals surface area contributed by atoms with Crippen LogP contribution in [0.1, 0.15) is 32.2 Å². The highest BCUT2D eigenvalue weighted by atomic mass is 79.9. The molecule has 2 rings (SSSR count). The number of carbonyl (C=O) groups is 2. The van der Waals surface area contributed by atoms with Crippen LogP contribution in [0, 0.1) is 0 Å². The topological polar surface area (TPSA) is 63.4 Å². The molecule has 2 N–H and O–H groups in total. The predicted molar refractivity (Wildman–Crippen MR) is 132 cm³/mol. The Hall–Kier alpha value is 0.320. The van der Waals surface area contributed by atoms with Crippen molar-refractivity contribution in [2.75, 3.05) is 37.7 Å². The smallest absolute Gasteiger partial charge is 0.174 e. The summed E-state index contributed by atoms with van der Waals surface area (Å²) in [5.41, 5.74) is 5.52. The summed E-state index contributed by atoms with van der Waals surface area (Å²) in [6.07, 6.45) is 0.929. The number of Topliss-reactive ketones (excluding diaryl/α,β-unsaturated/α-hetero) is 2. The van der Waals surface area contributed by atoms with Gasteiger partial charge < -0.3 is 10.6 Å². The molecule has 0 spiro atoms. The maximum atomic E-state index is 12.4. The molecule has 0 radical (unpaired) electrons. The molecule has 10 heteroatoms. The molecule has 154 valence electrons. The molecule has 2 heterocycles. The van der Waals surface area contributed by atoms with Crippen molar-refractivity contribution in [2.45, 2.75) is 12.8 Å². The summed E-state index contributed by atoms with van der Waals surface area (Å²) in [4.78, 5) is 28.6. The maximum absolute atomic E-state index is 12.4. The average molecular weight is 586 g/mol. The van der Waals surface area contributed by atoms with Crippen LogP contribution >= 0.6 is 76.1 Å². The zero-order valence-corrected chi connectivity index (χ0v) is 21.6.